The number of hydrogen-bond donors (Lipinski definition) is 0. The van der Waals surface area contributed by atoms with E-state index in [1.54, 1.807) is 13.2 Å². The molecule has 4 heteroatoms. The summed E-state index contributed by atoms with van der Waals surface area (Å²) in [5.74, 6) is 2.01. The van der Waals surface area contributed by atoms with Crippen molar-refractivity contribution in [2.75, 3.05) is 20.3 Å². The van der Waals surface area contributed by atoms with Gasteiger partial charge in [0.1, 0.15) is 12.4 Å². The van der Waals surface area contributed by atoms with Gasteiger partial charge in [0.2, 0.25) is 0 Å². The van der Waals surface area contributed by atoms with Crippen LogP contribution in [0.4, 0.5) is 0 Å². The van der Waals surface area contributed by atoms with Gasteiger partial charge in [-0.2, -0.15) is 0 Å². The Morgan fingerprint density at radius 1 is 1.17 bits per heavy atom. The van der Waals surface area contributed by atoms with E-state index < -0.39 is 0 Å². The fourth-order valence-electron chi connectivity index (χ4n) is 2.59. The Morgan fingerprint density at radius 3 is 2.79 bits per heavy atom. The van der Waals surface area contributed by atoms with E-state index in [-0.39, 0.29) is 12.4 Å². The molecule has 0 N–H and O–H groups in total. The molecular weight excluding hydrogens is 304 g/mol. The predicted octanol–water partition coefficient (Wildman–Crippen LogP) is 4.14. The van der Waals surface area contributed by atoms with Crippen molar-refractivity contribution in [3.63, 3.8) is 0 Å². The molecule has 0 radical (unpaired) electrons. The lowest BCUT2D eigenvalue weighted by molar-refractivity contribution is 0.100. The second-order valence-corrected chi connectivity index (χ2v) is 5.54. The highest BCUT2D eigenvalue weighted by Gasteiger charge is 2.22. The maximum absolute atomic E-state index is 12.6. The molecule has 0 spiro atoms. The molecule has 0 aliphatic carbocycles. The number of methoxy groups -OCH3 is 1. The van der Waals surface area contributed by atoms with E-state index in [2.05, 4.69) is 0 Å². The summed E-state index contributed by atoms with van der Waals surface area (Å²) < 4.78 is 16.7. The number of para-hydroxylation sites is 1. The molecule has 2 aromatic rings. The van der Waals surface area contributed by atoms with Gasteiger partial charge in [0, 0.05) is 5.57 Å². The molecule has 1 aliphatic rings. The molecular formula is C20H20O4. The van der Waals surface area contributed by atoms with Crippen molar-refractivity contribution in [3.05, 3.63) is 59.2 Å². The van der Waals surface area contributed by atoms with E-state index in [0.717, 1.165) is 12.0 Å². The molecule has 1 heterocycles. The Balaban J connectivity index is 1.90. The van der Waals surface area contributed by atoms with Gasteiger partial charge in [0.25, 0.3) is 0 Å². The third-order valence-corrected chi connectivity index (χ3v) is 3.80. The number of hydrogen-bond acceptors (Lipinski definition) is 4. The quantitative estimate of drug-likeness (QED) is 0.775. The number of benzene rings is 2. The van der Waals surface area contributed by atoms with Gasteiger partial charge < -0.3 is 14.2 Å². The SMILES string of the molecule is CCCOc1cc(/C=C2/COc3ccccc3C2=O)ccc1OC. The molecule has 0 fully saturated rings. The highest BCUT2D eigenvalue weighted by atomic mass is 16.5. The fourth-order valence-corrected chi connectivity index (χ4v) is 2.59. The van der Waals surface area contributed by atoms with Crippen LogP contribution >= 0.6 is 0 Å². The molecule has 4 nitrogen and oxygen atoms in total. The molecule has 0 saturated carbocycles. The van der Waals surface area contributed by atoms with Crippen LogP contribution in [0.5, 0.6) is 17.2 Å². The van der Waals surface area contributed by atoms with Crippen LogP contribution in [0, 0.1) is 0 Å². The summed E-state index contributed by atoms with van der Waals surface area (Å²) >= 11 is 0. The van der Waals surface area contributed by atoms with E-state index in [9.17, 15) is 4.79 Å². The van der Waals surface area contributed by atoms with Gasteiger partial charge in [-0.3, -0.25) is 4.79 Å². The molecule has 0 amide bonds. The normalized spacial score (nSPS) is 14.9. The minimum atomic E-state index is 0.00342. The third-order valence-electron chi connectivity index (χ3n) is 3.80. The van der Waals surface area contributed by atoms with Crippen LogP contribution in [0.25, 0.3) is 6.08 Å². The van der Waals surface area contributed by atoms with E-state index in [0.29, 0.717) is 35.0 Å². The van der Waals surface area contributed by atoms with Crippen LogP contribution in [-0.4, -0.2) is 26.1 Å². The van der Waals surface area contributed by atoms with E-state index in [1.165, 1.54) is 0 Å². The smallest absolute Gasteiger partial charge is 0.196 e. The highest BCUT2D eigenvalue weighted by molar-refractivity contribution is 6.14. The maximum atomic E-state index is 12.6. The van der Waals surface area contributed by atoms with Crippen molar-refractivity contribution in [3.8, 4) is 17.2 Å². The van der Waals surface area contributed by atoms with Crippen LogP contribution in [0.3, 0.4) is 0 Å². The first-order valence-electron chi connectivity index (χ1n) is 8.01. The number of rotatable bonds is 5. The van der Waals surface area contributed by atoms with Gasteiger partial charge in [0.15, 0.2) is 17.3 Å². The molecule has 0 atom stereocenters. The Hall–Kier alpha value is -2.75. The van der Waals surface area contributed by atoms with Crippen molar-refractivity contribution < 1.29 is 19.0 Å². The molecule has 0 bridgehead atoms. The van der Waals surface area contributed by atoms with Crippen LogP contribution in [0.2, 0.25) is 0 Å². The Morgan fingerprint density at radius 2 is 2.00 bits per heavy atom. The summed E-state index contributed by atoms with van der Waals surface area (Å²) in [6, 6.07) is 12.9. The van der Waals surface area contributed by atoms with Crippen LogP contribution in [-0.2, 0) is 0 Å². The molecule has 3 rings (SSSR count). The van der Waals surface area contributed by atoms with Gasteiger partial charge in [-0.15, -0.1) is 0 Å². The summed E-state index contributed by atoms with van der Waals surface area (Å²) in [7, 11) is 1.61. The predicted molar refractivity (Wildman–Crippen MR) is 93.0 cm³/mol. The Bertz CT molecular complexity index is 777. The number of carbonyl (C=O) groups excluding carboxylic acids is 1. The molecule has 0 saturated heterocycles. The van der Waals surface area contributed by atoms with Gasteiger partial charge in [-0.05, 0) is 42.3 Å². The van der Waals surface area contributed by atoms with Gasteiger partial charge in [0.05, 0.1) is 19.3 Å². The lowest BCUT2D eigenvalue weighted by Gasteiger charge is -2.18. The van der Waals surface area contributed by atoms with Crippen molar-refractivity contribution in [2.24, 2.45) is 0 Å². The Kier molecular flexibility index (Phi) is 4.85. The third kappa shape index (κ3) is 3.27. The average molecular weight is 324 g/mol. The summed E-state index contributed by atoms with van der Waals surface area (Å²) in [6.45, 7) is 2.94. The molecule has 124 valence electrons. The Labute approximate surface area is 141 Å². The summed E-state index contributed by atoms with van der Waals surface area (Å²) in [5.41, 5.74) is 2.11. The number of carbonyl (C=O) groups is 1. The topological polar surface area (TPSA) is 44.8 Å². The zero-order valence-corrected chi connectivity index (χ0v) is 13.9. The van der Waals surface area contributed by atoms with Crippen molar-refractivity contribution in [2.45, 2.75) is 13.3 Å². The standard InChI is InChI=1S/C20H20O4/c1-3-10-23-19-12-14(8-9-18(19)22-2)11-15-13-24-17-7-5-4-6-16(17)20(15)21/h4-9,11-12H,3,10,13H2,1-2H3/b15-11-. The molecule has 24 heavy (non-hydrogen) atoms. The van der Waals surface area contributed by atoms with Crippen molar-refractivity contribution >= 4 is 11.9 Å². The summed E-state index contributed by atoms with van der Waals surface area (Å²) in [6.07, 6.45) is 2.76. The maximum Gasteiger partial charge on any atom is 0.196 e. The second kappa shape index (κ2) is 7.21. The first-order chi connectivity index (χ1) is 11.7. The van der Waals surface area contributed by atoms with E-state index >= 15 is 0 Å². The lowest BCUT2D eigenvalue weighted by Crippen LogP contribution is -2.18. The van der Waals surface area contributed by atoms with Crippen LogP contribution < -0.4 is 14.2 Å². The van der Waals surface area contributed by atoms with E-state index in [4.69, 9.17) is 14.2 Å². The summed E-state index contributed by atoms with van der Waals surface area (Å²) in [5, 5.41) is 0. The zero-order valence-electron chi connectivity index (χ0n) is 13.9. The first-order valence-corrected chi connectivity index (χ1v) is 8.01. The highest BCUT2D eigenvalue weighted by Crippen LogP contribution is 2.31. The second-order valence-electron chi connectivity index (χ2n) is 5.54. The lowest BCUT2D eigenvalue weighted by atomic mass is 9.98. The number of Topliss-reactive ketones (excluding diaryl/α,β-unsaturated/α-hetero) is 1. The molecule has 1 aliphatic heterocycles. The number of ketones is 1. The number of fused-ring (bicyclic) bond motifs is 1. The first kappa shape index (κ1) is 16.1. The van der Waals surface area contributed by atoms with Gasteiger partial charge in [-0.25, -0.2) is 0 Å². The zero-order chi connectivity index (χ0) is 16.9. The van der Waals surface area contributed by atoms with Gasteiger partial charge >= 0.3 is 0 Å². The monoisotopic (exact) mass is 324 g/mol. The average Bonchev–Trinajstić information content (AvgIpc) is 2.62. The molecule has 2 aromatic carbocycles. The number of ether oxygens (including phenoxy) is 3. The minimum absolute atomic E-state index is 0.00342. The van der Waals surface area contributed by atoms with E-state index in [1.807, 2.05) is 49.4 Å². The summed E-state index contributed by atoms with van der Waals surface area (Å²) in [4.78, 5) is 12.6. The van der Waals surface area contributed by atoms with Crippen LogP contribution in [0.15, 0.2) is 48.0 Å². The van der Waals surface area contributed by atoms with Crippen LogP contribution in [0.1, 0.15) is 29.3 Å². The van der Waals surface area contributed by atoms with Gasteiger partial charge in [-0.1, -0.05) is 25.1 Å². The molecule has 0 unspecified atom stereocenters. The van der Waals surface area contributed by atoms with Crippen molar-refractivity contribution in [1.82, 2.24) is 0 Å². The largest absolute Gasteiger partial charge is 0.493 e. The fraction of sp³-hybridized carbons (Fsp3) is 0.250. The minimum Gasteiger partial charge on any atom is -0.493 e. The van der Waals surface area contributed by atoms with Crippen molar-refractivity contribution in [1.29, 1.82) is 0 Å². The molecule has 0 aromatic heterocycles.